The second-order valence-electron chi connectivity index (χ2n) is 5.83. The fourth-order valence-corrected chi connectivity index (χ4v) is 2.27. The van der Waals surface area contributed by atoms with Gasteiger partial charge in [-0.2, -0.15) is 0 Å². The zero-order valence-electron chi connectivity index (χ0n) is 15.4. The number of benzene rings is 2. The van der Waals surface area contributed by atoms with Crippen molar-refractivity contribution >= 4 is 17.6 Å². The summed E-state index contributed by atoms with van der Waals surface area (Å²) in [5.74, 6) is -0.102. The minimum Gasteiger partial charge on any atom is -0.489 e. The first-order valence-corrected chi connectivity index (χ1v) is 8.67. The molecule has 29 heavy (non-hydrogen) atoms. The first kappa shape index (κ1) is 19.6. The maximum Gasteiger partial charge on any atom is 0.292 e. The SMILES string of the molecule is Nc1nccnc1C(=O)NNC(=O)COc1ccc(OCc2ccccc2)cc1. The van der Waals surface area contributed by atoms with Gasteiger partial charge in [0.05, 0.1) is 0 Å². The van der Waals surface area contributed by atoms with E-state index in [2.05, 4.69) is 20.8 Å². The first-order chi connectivity index (χ1) is 14.1. The lowest BCUT2D eigenvalue weighted by Gasteiger charge is -2.10. The molecular weight excluding hydrogens is 374 g/mol. The van der Waals surface area contributed by atoms with E-state index in [-0.39, 0.29) is 18.1 Å². The Morgan fingerprint density at radius 1 is 0.862 bits per heavy atom. The summed E-state index contributed by atoms with van der Waals surface area (Å²) in [4.78, 5) is 31.2. The maximum absolute atomic E-state index is 11.9. The van der Waals surface area contributed by atoms with E-state index < -0.39 is 11.8 Å². The van der Waals surface area contributed by atoms with Gasteiger partial charge in [0, 0.05) is 12.4 Å². The molecule has 148 valence electrons. The Balaban J connectivity index is 1.41. The molecule has 9 heteroatoms. The van der Waals surface area contributed by atoms with Gasteiger partial charge in [-0.3, -0.25) is 20.4 Å². The number of rotatable bonds is 7. The van der Waals surface area contributed by atoms with E-state index >= 15 is 0 Å². The van der Waals surface area contributed by atoms with Crippen LogP contribution in [0.15, 0.2) is 67.0 Å². The molecule has 3 rings (SSSR count). The summed E-state index contributed by atoms with van der Waals surface area (Å²) < 4.78 is 11.1. The number of hydrazine groups is 1. The van der Waals surface area contributed by atoms with Crippen molar-refractivity contribution < 1.29 is 19.1 Å². The van der Waals surface area contributed by atoms with Gasteiger partial charge in [-0.15, -0.1) is 0 Å². The molecule has 2 amide bonds. The van der Waals surface area contributed by atoms with Crippen LogP contribution in [0.3, 0.4) is 0 Å². The smallest absolute Gasteiger partial charge is 0.292 e. The number of hydrogen-bond acceptors (Lipinski definition) is 7. The summed E-state index contributed by atoms with van der Waals surface area (Å²) in [6, 6.07) is 16.7. The lowest BCUT2D eigenvalue weighted by molar-refractivity contribution is -0.123. The molecule has 0 aliphatic carbocycles. The van der Waals surface area contributed by atoms with Crippen LogP contribution in [0.1, 0.15) is 16.1 Å². The second kappa shape index (κ2) is 9.70. The summed E-state index contributed by atoms with van der Waals surface area (Å²) in [6.07, 6.45) is 2.68. The quantitative estimate of drug-likeness (QED) is 0.519. The fraction of sp³-hybridized carbons (Fsp3) is 0.100. The summed E-state index contributed by atoms with van der Waals surface area (Å²) >= 11 is 0. The molecule has 0 fully saturated rings. The van der Waals surface area contributed by atoms with E-state index in [9.17, 15) is 9.59 Å². The lowest BCUT2D eigenvalue weighted by Crippen LogP contribution is -2.44. The van der Waals surface area contributed by atoms with Crippen LogP contribution in [-0.2, 0) is 11.4 Å². The minimum atomic E-state index is -0.677. The van der Waals surface area contributed by atoms with Crippen LogP contribution < -0.4 is 26.1 Å². The molecule has 9 nitrogen and oxygen atoms in total. The molecule has 0 saturated carbocycles. The predicted octanol–water partition coefficient (Wildman–Crippen LogP) is 1.48. The highest BCUT2D eigenvalue weighted by Crippen LogP contribution is 2.18. The number of nitrogens with one attached hydrogen (secondary N) is 2. The highest BCUT2D eigenvalue weighted by molar-refractivity contribution is 5.97. The number of anilines is 1. The Bertz CT molecular complexity index is 964. The second-order valence-corrected chi connectivity index (χ2v) is 5.83. The van der Waals surface area contributed by atoms with E-state index in [1.807, 2.05) is 30.3 Å². The Kier molecular flexibility index (Phi) is 6.56. The molecule has 0 spiro atoms. The number of nitrogens with two attached hydrogens (primary N) is 1. The zero-order chi connectivity index (χ0) is 20.5. The minimum absolute atomic E-state index is 0.0370. The Labute approximate surface area is 166 Å². The van der Waals surface area contributed by atoms with E-state index in [4.69, 9.17) is 15.2 Å². The van der Waals surface area contributed by atoms with Gasteiger partial charge in [-0.1, -0.05) is 30.3 Å². The van der Waals surface area contributed by atoms with E-state index in [0.717, 1.165) is 5.56 Å². The zero-order valence-corrected chi connectivity index (χ0v) is 15.4. The van der Waals surface area contributed by atoms with Gasteiger partial charge in [0.25, 0.3) is 11.8 Å². The van der Waals surface area contributed by atoms with Crippen molar-refractivity contribution in [2.24, 2.45) is 0 Å². The highest BCUT2D eigenvalue weighted by atomic mass is 16.5. The number of carbonyl (C=O) groups is 2. The molecule has 0 aliphatic rings. The predicted molar refractivity (Wildman–Crippen MR) is 105 cm³/mol. The molecule has 0 saturated heterocycles. The molecule has 0 aliphatic heterocycles. The number of carbonyl (C=O) groups excluding carboxylic acids is 2. The number of nitrogen functional groups attached to an aromatic ring is 1. The van der Waals surface area contributed by atoms with Crippen molar-refractivity contribution in [1.82, 2.24) is 20.8 Å². The highest BCUT2D eigenvalue weighted by Gasteiger charge is 2.13. The van der Waals surface area contributed by atoms with Crippen molar-refractivity contribution in [3.05, 3.63) is 78.2 Å². The van der Waals surface area contributed by atoms with Crippen LogP contribution in [0.2, 0.25) is 0 Å². The van der Waals surface area contributed by atoms with E-state index in [0.29, 0.717) is 18.1 Å². The number of amides is 2. The van der Waals surface area contributed by atoms with Gasteiger partial charge in [-0.25, -0.2) is 9.97 Å². The molecule has 1 aromatic heterocycles. The van der Waals surface area contributed by atoms with Crippen molar-refractivity contribution in [2.45, 2.75) is 6.61 Å². The third kappa shape index (κ3) is 5.93. The number of nitrogens with zero attached hydrogens (tertiary/aromatic N) is 2. The standard InChI is InChI=1S/C20H19N5O4/c21-19-18(22-10-11-23-19)20(27)25-24-17(26)13-29-16-8-6-15(7-9-16)28-12-14-4-2-1-3-5-14/h1-11H,12-13H2,(H2,21,23)(H,24,26)(H,25,27). The number of aromatic nitrogens is 2. The molecule has 0 unspecified atom stereocenters. The topological polar surface area (TPSA) is 128 Å². The van der Waals surface area contributed by atoms with Crippen LogP contribution in [0, 0.1) is 0 Å². The molecule has 1 heterocycles. The van der Waals surface area contributed by atoms with Gasteiger partial charge < -0.3 is 15.2 Å². The number of ether oxygens (including phenoxy) is 2. The molecule has 0 radical (unpaired) electrons. The summed E-state index contributed by atoms with van der Waals surface area (Å²) in [5.41, 5.74) is 10.9. The van der Waals surface area contributed by atoms with Crippen molar-refractivity contribution in [3.8, 4) is 11.5 Å². The van der Waals surface area contributed by atoms with Crippen LogP contribution >= 0.6 is 0 Å². The first-order valence-electron chi connectivity index (χ1n) is 8.67. The van der Waals surface area contributed by atoms with Crippen LogP contribution in [-0.4, -0.2) is 28.4 Å². The van der Waals surface area contributed by atoms with Crippen LogP contribution in [0.4, 0.5) is 5.82 Å². The summed E-state index contributed by atoms with van der Waals surface area (Å²) in [6.45, 7) is 0.167. The monoisotopic (exact) mass is 393 g/mol. The normalized spacial score (nSPS) is 10.1. The van der Waals surface area contributed by atoms with Gasteiger partial charge in [0.2, 0.25) is 0 Å². The van der Waals surface area contributed by atoms with Gasteiger partial charge in [0.15, 0.2) is 18.1 Å². The summed E-state index contributed by atoms with van der Waals surface area (Å²) in [5, 5.41) is 0. The fourth-order valence-electron chi connectivity index (χ4n) is 2.27. The lowest BCUT2D eigenvalue weighted by atomic mass is 10.2. The van der Waals surface area contributed by atoms with Crippen molar-refractivity contribution in [3.63, 3.8) is 0 Å². The van der Waals surface area contributed by atoms with Crippen molar-refractivity contribution in [1.29, 1.82) is 0 Å². The van der Waals surface area contributed by atoms with Gasteiger partial charge >= 0.3 is 0 Å². The third-order valence-electron chi connectivity index (χ3n) is 3.70. The average Bonchev–Trinajstić information content (AvgIpc) is 2.76. The molecule has 4 N–H and O–H groups in total. The average molecular weight is 393 g/mol. The molecule has 2 aromatic carbocycles. The van der Waals surface area contributed by atoms with Crippen molar-refractivity contribution in [2.75, 3.05) is 12.3 Å². The molecule has 0 bridgehead atoms. The number of hydrogen-bond donors (Lipinski definition) is 3. The van der Waals surface area contributed by atoms with Gasteiger partial charge in [-0.05, 0) is 29.8 Å². The maximum atomic E-state index is 11.9. The Morgan fingerprint density at radius 2 is 1.52 bits per heavy atom. The molecule has 3 aromatic rings. The summed E-state index contributed by atoms with van der Waals surface area (Å²) in [7, 11) is 0. The van der Waals surface area contributed by atoms with Crippen LogP contribution in [0.5, 0.6) is 11.5 Å². The molecular formula is C20H19N5O4. The largest absolute Gasteiger partial charge is 0.489 e. The van der Waals surface area contributed by atoms with E-state index in [1.54, 1.807) is 24.3 Å². The third-order valence-corrected chi connectivity index (χ3v) is 3.70. The van der Waals surface area contributed by atoms with E-state index in [1.165, 1.54) is 12.4 Å². The molecule has 0 atom stereocenters. The Hall–Kier alpha value is -4.14. The van der Waals surface area contributed by atoms with Crippen LogP contribution in [0.25, 0.3) is 0 Å². The van der Waals surface area contributed by atoms with Gasteiger partial charge in [0.1, 0.15) is 18.1 Å². The Morgan fingerprint density at radius 3 is 2.21 bits per heavy atom.